The van der Waals surface area contributed by atoms with E-state index in [1.807, 2.05) is 0 Å². The lowest BCUT2D eigenvalue weighted by atomic mass is 10.4. The number of hydrogen-bond acceptors (Lipinski definition) is 3. The van der Waals surface area contributed by atoms with E-state index in [0.29, 0.717) is 25.3 Å². The van der Waals surface area contributed by atoms with Crippen molar-refractivity contribution < 1.29 is 18.3 Å². The molecule has 0 aromatic rings. The first-order valence-corrected chi connectivity index (χ1v) is 7.71. The lowest BCUT2D eigenvalue weighted by molar-refractivity contribution is -0.137. The predicted octanol–water partition coefficient (Wildman–Crippen LogP) is 1.06. The molecule has 0 aromatic heterocycles. The van der Waals surface area contributed by atoms with Gasteiger partial charge >= 0.3 is 5.97 Å². The van der Waals surface area contributed by atoms with Crippen molar-refractivity contribution in [3.05, 3.63) is 0 Å². The molecule has 2 fully saturated rings. The van der Waals surface area contributed by atoms with Crippen molar-refractivity contribution >= 4 is 16.0 Å². The summed E-state index contributed by atoms with van der Waals surface area (Å²) < 4.78 is 25.8. The Balaban J connectivity index is 2.08. The van der Waals surface area contributed by atoms with Gasteiger partial charge in [0.25, 0.3) is 0 Å². The van der Waals surface area contributed by atoms with Gasteiger partial charge in [-0.25, -0.2) is 8.42 Å². The number of sulfonamides is 1. The van der Waals surface area contributed by atoms with Crippen molar-refractivity contribution in [3.8, 4) is 0 Å². The monoisotopic (exact) mass is 261 g/mol. The SMILES string of the molecule is O=C(O)CN(CC1CC1)S(=O)(=O)C1CCCC1. The second-order valence-electron chi connectivity index (χ2n) is 5.08. The summed E-state index contributed by atoms with van der Waals surface area (Å²) in [6.07, 6.45) is 5.29. The second kappa shape index (κ2) is 4.94. The fourth-order valence-corrected chi connectivity index (χ4v) is 4.45. The van der Waals surface area contributed by atoms with Crippen LogP contribution >= 0.6 is 0 Å². The van der Waals surface area contributed by atoms with Gasteiger partial charge in [0.05, 0.1) is 5.25 Å². The normalized spacial score (nSPS) is 22.2. The molecule has 0 spiro atoms. The Morgan fingerprint density at radius 3 is 2.24 bits per heavy atom. The van der Waals surface area contributed by atoms with E-state index in [9.17, 15) is 13.2 Å². The molecule has 98 valence electrons. The summed E-state index contributed by atoms with van der Waals surface area (Å²) in [5.74, 6) is -0.683. The van der Waals surface area contributed by atoms with Crippen LogP contribution in [0.5, 0.6) is 0 Å². The third-order valence-corrected chi connectivity index (χ3v) is 5.87. The maximum absolute atomic E-state index is 12.3. The molecule has 0 atom stereocenters. The third kappa shape index (κ3) is 3.19. The van der Waals surface area contributed by atoms with Crippen molar-refractivity contribution in [2.24, 2.45) is 5.92 Å². The first kappa shape index (κ1) is 12.8. The van der Waals surface area contributed by atoms with Gasteiger partial charge in [0.15, 0.2) is 0 Å². The zero-order valence-corrected chi connectivity index (χ0v) is 10.7. The molecule has 2 aliphatic carbocycles. The van der Waals surface area contributed by atoms with E-state index in [2.05, 4.69) is 0 Å². The van der Waals surface area contributed by atoms with Gasteiger partial charge in [-0.15, -0.1) is 0 Å². The highest BCUT2D eigenvalue weighted by Crippen LogP contribution is 2.33. The minimum atomic E-state index is -3.40. The fraction of sp³-hybridized carbons (Fsp3) is 0.909. The smallest absolute Gasteiger partial charge is 0.318 e. The lowest BCUT2D eigenvalue weighted by Crippen LogP contribution is -2.42. The number of nitrogens with zero attached hydrogens (tertiary/aromatic N) is 1. The summed E-state index contributed by atoms with van der Waals surface area (Å²) in [5.41, 5.74) is 0. The van der Waals surface area contributed by atoms with Gasteiger partial charge < -0.3 is 5.11 Å². The average molecular weight is 261 g/mol. The molecule has 0 unspecified atom stereocenters. The maximum atomic E-state index is 12.3. The predicted molar refractivity (Wildman–Crippen MR) is 63.1 cm³/mol. The highest BCUT2D eigenvalue weighted by atomic mass is 32.2. The minimum Gasteiger partial charge on any atom is -0.480 e. The molecule has 0 saturated heterocycles. The Morgan fingerprint density at radius 1 is 1.18 bits per heavy atom. The number of aliphatic carboxylic acids is 1. The molecule has 0 amide bonds. The van der Waals surface area contributed by atoms with Gasteiger partial charge in [0.2, 0.25) is 10.0 Å². The molecule has 0 bridgehead atoms. The highest BCUT2D eigenvalue weighted by molar-refractivity contribution is 7.89. The Bertz CT molecular complexity index is 382. The lowest BCUT2D eigenvalue weighted by Gasteiger charge is -2.23. The molecule has 2 aliphatic rings. The fourth-order valence-electron chi connectivity index (χ4n) is 2.39. The topological polar surface area (TPSA) is 74.7 Å². The summed E-state index contributed by atoms with van der Waals surface area (Å²) in [7, 11) is -3.40. The van der Waals surface area contributed by atoms with E-state index >= 15 is 0 Å². The quantitative estimate of drug-likeness (QED) is 0.775. The van der Waals surface area contributed by atoms with E-state index in [0.717, 1.165) is 25.7 Å². The molecule has 0 aliphatic heterocycles. The van der Waals surface area contributed by atoms with Crippen LogP contribution < -0.4 is 0 Å². The molecule has 2 rings (SSSR count). The van der Waals surface area contributed by atoms with Gasteiger partial charge in [-0.2, -0.15) is 4.31 Å². The van der Waals surface area contributed by atoms with Gasteiger partial charge in [-0.1, -0.05) is 12.8 Å². The van der Waals surface area contributed by atoms with Gasteiger partial charge in [0, 0.05) is 6.54 Å². The standard InChI is InChI=1S/C11H19NO4S/c13-11(14)8-12(7-9-5-6-9)17(15,16)10-3-1-2-4-10/h9-10H,1-8H2,(H,13,14). The summed E-state index contributed by atoms with van der Waals surface area (Å²) >= 11 is 0. The Labute approximate surface area is 102 Å². The van der Waals surface area contributed by atoms with Crippen LogP contribution in [0.4, 0.5) is 0 Å². The molecule has 0 aromatic carbocycles. The van der Waals surface area contributed by atoms with Crippen molar-refractivity contribution in [1.82, 2.24) is 4.31 Å². The summed E-state index contributed by atoms with van der Waals surface area (Å²) in [6, 6.07) is 0. The first-order chi connectivity index (χ1) is 8.00. The number of carboxylic acid groups (broad SMARTS) is 1. The van der Waals surface area contributed by atoms with Gasteiger partial charge in [-0.05, 0) is 31.6 Å². The highest BCUT2D eigenvalue weighted by Gasteiger charge is 2.37. The Hall–Kier alpha value is -0.620. The number of carbonyl (C=O) groups is 1. The third-order valence-electron chi connectivity index (χ3n) is 3.55. The average Bonchev–Trinajstić information content (AvgIpc) is 2.88. The van der Waals surface area contributed by atoms with E-state index in [1.54, 1.807) is 0 Å². The van der Waals surface area contributed by atoms with Crippen LogP contribution in [0.15, 0.2) is 0 Å². The number of rotatable bonds is 6. The molecule has 0 radical (unpaired) electrons. The van der Waals surface area contributed by atoms with E-state index in [1.165, 1.54) is 4.31 Å². The number of hydrogen-bond donors (Lipinski definition) is 1. The van der Waals surface area contributed by atoms with Crippen LogP contribution in [0.2, 0.25) is 0 Å². The molecule has 0 heterocycles. The van der Waals surface area contributed by atoms with Gasteiger partial charge in [0.1, 0.15) is 6.54 Å². The van der Waals surface area contributed by atoms with Gasteiger partial charge in [-0.3, -0.25) is 4.79 Å². The van der Waals surface area contributed by atoms with Crippen molar-refractivity contribution in [2.75, 3.05) is 13.1 Å². The van der Waals surface area contributed by atoms with Crippen LogP contribution in [0.1, 0.15) is 38.5 Å². The molecular weight excluding hydrogens is 242 g/mol. The van der Waals surface area contributed by atoms with Crippen LogP contribution in [0.25, 0.3) is 0 Å². The molecule has 17 heavy (non-hydrogen) atoms. The second-order valence-corrected chi connectivity index (χ2v) is 7.29. The van der Waals surface area contributed by atoms with Crippen molar-refractivity contribution in [3.63, 3.8) is 0 Å². The van der Waals surface area contributed by atoms with Crippen molar-refractivity contribution in [1.29, 1.82) is 0 Å². The van der Waals surface area contributed by atoms with E-state index in [4.69, 9.17) is 5.11 Å². The van der Waals surface area contributed by atoms with Crippen LogP contribution in [0, 0.1) is 5.92 Å². The number of carboxylic acids is 1. The van der Waals surface area contributed by atoms with Crippen LogP contribution in [-0.4, -0.2) is 42.1 Å². The largest absolute Gasteiger partial charge is 0.480 e. The van der Waals surface area contributed by atoms with Crippen LogP contribution in [-0.2, 0) is 14.8 Å². The molecule has 2 saturated carbocycles. The van der Waals surface area contributed by atoms with Crippen molar-refractivity contribution in [2.45, 2.75) is 43.8 Å². The first-order valence-electron chi connectivity index (χ1n) is 6.21. The molecular formula is C11H19NO4S. The summed E-state index contributed by atoms with van der Waals surface area (Å²) in [4.78, 5) is 10.8. The molecule has 5 nitrogen and oxygen atoms in total. The Morgan fingerprint density at radius 2 is 1.76 bits per heavy atom. The van der Waals surface area contributed by atoms with Crippen LogP contribution in [0.3, 0.4) is 0 Å². The Kier molecular flexibility index (Phi) is 3.73. The summed E-state index contributed by atoms with van der Waals surface area (Å²) in [5, 5.41) is 8.47. The zero-order chi connectivity index (χ0) is 12.5. The maximum Gasteiger partial charge on any atom is 0.318 e. The van der Waals surface area contributed by atoms with E-state index in [-0.39, 0.29) is 11.8 Å². The zero-order valence-electron chi connectivity index (χ0n) is 9.84. The van der Waals surface area contributed by atoms with E-state index < -0.39 is 16.0 Å². The molecule has 1 N–H and O–H groups in total. The summed E-state index contributed by atoms with van der Waals surface area (Å²) in [6.45, 7) is 0.0144. The molecule has 6 heteroatoms. The minimum absolute atomic E-state index is 0.347.